The van der Waals surface area contributed by atoms with Crippen LogP contribution in [0.2, 0.25) is 0 Å². The molecule has 9 nitrogen and oxygen atoms in total. The third-order valence-corrected chi connectivity index (χ3v) is 7.67. The Balaban J connectivity index is 1.47. The predicted octanol–water partition coefficient (Wildman–Crippen LogP) is 1.77. The van der Waals surface area contributed by atoms with Crippen LogP contribution in [0.3, 0.4) is 0 Å². The smallest absolute Gasteiger partial charge is 0.321 e. The molecule has 0 aliphatic carbocycles. The quantitative estimate of drug-likeness (QED) is 0.599. The summed E-state index contributed by atoms with van der Waals surface area (Å²) in [5.74, 6) is -0.0110. The van der Waals surface area contributed by atoms with E-state index in [0.717, 1.165) is 34.1 Å². The summed E-state index contributed by atoms with van der Waals surface area (Å²) in [5.41, 5.74) is 8.50. The van der Waals surface area contributed by atoms with E-state index in [1.807, 2.05) is 44.4 Å². The molecule has 0 saturated heterocycles. The molecule has 1 atom stereocenters. The van der Waals surface area contributed by atoms with E-state index in [1.54, 1.807) is 17.0 Å². The fourth-order valence-electron chi connectivity index (χ4n) is 4.15. The maximum atomic E-state index is 13.3. The van der Waals surface area contributed by atoms with Crippen molar-refractivity contribution in [3.05, 3.63) is 59.7 Å². The highest BCUT2D eigenvalue weighted by molar-refractivity contribution is 7.89. The van der Waals surface area contributed by atoms with E-state index >= 15 is 0 Å². The second kappa shape index (κ2) is 9.40. The maximum Gasteiger partial charge on any atom is 0.321 e. The molecule has 0 aromatic heterocycles. The molecule has 0 bridgehead atoms. The Morgan fingerprint density at radius 2 is 1.97 bits per heavy atom. The average Bonchev–Trinajstić information content (AvgIpc) is 3.40. The molecular weight excluding hydrogens is 440 g/mol. The first-order valence-electron chi connectivity index (χ1n) is 11.0. The fourth-order valence-corrected chi connectivity index (χ4v) is 5.57. The summed E-state index contributed by atoms with van der Waals surface area (Å²) in [6, 6.07) is 13.9. The molecule has 10 heteroatoms. The van der Waals surface area contributed by atoms with Gasteiger partial charge in [-0.1, -0.05) is 30.3 Å². The fraction of sp³-hybridized carbons (Fsp3) is 0.391. The number of guanidine groups is 1. The SMILES string of the molecule is CN(C)CCCNC(=O)N1CCc2cc(S(=O)(=O)N3C[C@H](c4ccccc4)N=C3N)ccc21. The van der Waals surface area contributed by atoms with Crippen LogP contribution in [0.15, 0.2) is 58.4 Å². The number of aliphatic imine (C=N–C) groups is 1. The first kappa shape index (κ1) is 23.1. The summed E-state index contributed by atoms with van der Waals surface area (Å²) in [6.45, 7) is 2.16. The monoisotopic (exact) mass is 470 g/mol. The van der Waals surface area contributed by atoms with Gasteiger partial charge in [0.2, 0.25) is 5.96 Å². The van der Waals surface area contributed by atoms with Crippen LogP contribution < -0.4 is 16.0 Å². The number of sulfonamides is 1. The predicted molar refractivity (Wildman–Crippen MR) is 129 cm³/mol. The molecule has 2 amide bonds. The second-order valence-electron chi connectivity index (χ2n) is 8.53. The van der Waals surface area contributed by atoms with Crippen molar-refractivity contribution in [2.45, 2.75) is 23.8 Å². The van der Waals surface area contributed by atoms with Gasteiger partial charge in [0.05, 0.1) is 17.5 Å². The molecule has 0 fully saturated rings. The molecule has 176 valence electrons. The number of nitrogens with one attached hydrogen (secondary N) is 1. The van der Waals surface area contributed by atoms with Crippen molar-refractivity contribution < 1.29 is 13.2 Å². The van der Waals surface area contributed by atoms with Crippen LogP contribution in [0.4, 0.5) is 10.5 Å². The van der Waals surface area contributed by atoms with Gasteiger partial charge in [-0.2, -0.15) is 0 Å². The highest BCUT2D eigenvalue weighted by Crippen LogP contribution is 2.33. The summed E-state index contributed by atoms with van der Waals surface area (Å²) in [7, 11) is 0.127. The Morgan fingerprint density at radius 1 is 1.21 bits per heavy atom. The molecule has 0 spiro atoms. The number of nitrogens with zero attached hydrogens (tertiary/aromatic N) is 4. The second-order valence-corrected chi connectivity index (χ2v) is 10.4. The summed E-state index contributed by atoms with van der Waals surface area (Å²) < 4.78 is 27.8. The first-order valence-corrected chi connectivity index (χ1v) is 12.5. The minimum Gasteiger partial charge on any atom is -0.369 e. The lowest BCUT2D eigenvalue weighted by atomic mass is 10.1. The van der Waals surface area contributed by atoms with Gasteiger partial charge in [0.15, 0.2) is 0 Å². The molecule has 33 heavy (non-hydrogen) atoms. The summed E-state index contributed by atoms with van der Waals surface area (Å²) in [6.07, 6.45) is 1.46. The van der Waals surface area contributed by atoms with Crippen LogP contribution in [0, 0.1) is 0 Å². The van der Waals surface area contributed by atoms with Gasteiger partial charge in [-0.25, -0.2) is 22.5 Å². The van der Waals surface area contributed by atoms with Crippen molar-refractivity contribution in [3.63, 3.8) is 0 Å². The van der Waals surface area contributed by atoms with Crippen LogP contribution >= 0.6 is 0 Å². The minimum absolute atomic E-state index is 0.0110. The molecule has 2 aliphatic heterocycles. The molecular formula is C23H30N6O3S. The number of rotatable bonds is 7. The zero-order valence-corrected chi connectivity index (χ0v) is 19.8. The van der Waals surface area contributed by atoms with E-state index in [4.69, 9.17) is 5.73 Å². The van der Waals surface area contributed by atoms with E-state index in [9.17, 15) is 13.2 Å². The summed E-state index contributed by atoms with van der Waals surface area (Å²) in [5, 5.41) is 2.94. The van der Waals surface area contributed by atoms with Gasteiger partial charge < -0.3 is 16.0 Å². The first-order chi connectivity index (χ1) is 15.8. The highest BCUT2D eigenvalue weighted by atomic mass is 32.2. The summed E-state index contributed by atoms with van der Waals surface area (Å²) in [4.78, 5) is 20.9. The van der Waals surface area contributed by atoms with Gasteiger partial charge in [0.1, 0.15) is 0 Å². The van der Waals surface area contributed by atoms with Crippen molar-refractivity contribution in [3.8, 4) is 0 Å². The number of hydrogen-bond donors (Lipinski definition) is 2. The minimum atomic E-state index is -3.86. The van der Waals surface area contributed by atoms with Crippen LogP contribution in [-0.2, 0) is 16.4 Å². The number of fused-ring (bicyclic) bond motifs is 1. The lowest BCUT2D eigenvalue weighted by Crippen LogP contribution is -2.40. The molecule has 4 rings (SSSR count). The Kier molecular flexibility index (Phi) is 6.57. The van der Waals surface area contributed by atoms with Gasteiger partial charge in [-0.05, 0) is 62.8 Å². The number of carbonyl (C=O) groups excluding carboxylic acids is 1. The van der Waals surface area contributed by atoms with Crippen molar-refractivity contribution >= 4 is 27.7 Å². The van der Waals surface area contributed by atoms with Crippen LogP contribution in [0.1, 0.15) is 23.6 Å². The van der Waals surface area contributed by atoms with Gasteiger partial charge in [-0.3, -0.25) is 4.90 Å². The third kappa shape index (κ3) is 4.81. The Labute approximate surface area is 194 Å². The van der Waals surface area contributed by atoms with E-state index in [-0.39, 0.29) is 29.5 Å². The number of carbonyl (C=O) groups is 1. The Hall–Kier alpha value is -3.11. The van der Waals surface area contributed by atoms with E-state index in [2.05, 4.69) is 15.2 Å². The molecule has 0 radical (unpaired) electrons. The topological polar surface area (TPSA) is 111 Å². The Bertz CT molecular complexity index is 1150. The zero-order valence-electron chi connectivity index (χ0n) is 18.9. The largest absolute Gasteiger partial charge is 0.369 e. The van der Waals surface area contributed by atoms with E-state index in [1.165, 1.54) is 6.07 Å². The number of hydrogen-bond acceptors (Lipinski definition) is 6. The van der Waals surface area contributed by atoms with Crippen LogP contribution in [0.5, 0.6) is 0 Å². The number of anilines is 1. The summed E-state index contributed by atoms with van der Waals surface area (Å²) >= 11 is 0. The zero-order chi connectivity index (χ0) is 23.6. The molecule has 2 aromatic rings. The molecule has 2 heterocycles. The van der Waals surface area contributed by atoms with Gasteiger partial charge in [0, 0.05) is 18.8 Å². The molecule has 2 aliphatic rings. The molecule has 3 N–H and O–H groups in total. The van der Waals surface area contributed by atoms with Crippen LogP contribution in [0.25, 0.3) is 0 Å². The number of urea groups is 1. The molecule has 2 aromatic carbocycles. The lowest BCUT2D eigenvalue weighted by molar-refractivity contribution is 0.246. The highest BCUT2D eigenvalue weighted by Gasteiger charge is 2.35. The van der Waals surface area contributed by atoms with Crippen LogP contribution in [-0.4, -0.2) is 69.9 Å². The van der Waals surface area contributed by atoms with Crippen molar-refractivity contribution in [2.24, 2.45) is 10.7 Å². The van der Waals surface area contributed by atoms with Gasteiger partial charge in [0.25, 0.3) is 10.0 Å². The normalized spacial score (nSPS) is 17.9. The van der Waals surface area contributed by atoms with Crippen molar-refractivity contribution in [1.29, 1.82) is 0 Å². The standard InChI is InChI=1S/C23H30N6O3S/c1-27(2)13-6-12-25-23(30)28-14-11-18-15-19(9-10-21(18)28)33(31,32)29-16-20(26-22(29)24)17-7-4-3-5-8-17/h3-5,7-10,15,20H,6,11-14,16H2,1-2H3,(H2,24,26)(H,25,30)/t20-/m1/s1. The molecule has 0 saturated carbocycles. The average molecular weight is 471 g/mol. The lowest BCUT2D eigenvalue weighted by Gasteiger charge is -2.21. The third-order valence-electron chi connectivity index (χ3n) is 5.90. The molecule has 0 unspecified atom stereocenters. The number of nitrogens with two attached hydrogens (primary N) is 1. The van der Waals surface area contributed by atoms with E-state index in [0.29, 0.717) is 19.5 Å². The van der Waals surface area contributed by atoms with Gasteiger partial charge in [-0.15, -0.1) is 0 Å². The van der Waals surface area contributed by atoms with Crippen molar-refractivity contribution in [2.75, 3.05) is 45.2 Å². The van der Waals surface area contributed by atoms with Gasteiger partial charge >= 0.3 is 6.03 Å². The number of benzene rings is 2. The van der Waals surface area contributed by atoms with Crippen molar-refractivity contribution in [1.82, 2.24) is 14.5 Å². The Morgan fingerprint density at radius 3 is 2.70 bits per heavy atom. The van der Waals surface area contributed by atoms with E-state index < -0.39 is 10.0 Å². The maximum absolute atomic E-state index is 13.3. The number of amides is 2.